The van der Waals surface area contributed by atoms with Gasteiger partial charge in [-0.1, -0.05) is 72.0 Å². The van der Waals surface area contributed by atoms with Crippen LogP contribution in [0.3, 0.4) is 0 Å². The van der Waals surface area contributed by atoms with Crippen LogP contribution in [0.1, 0.15) is 30.0 Å². The smallest absolute Gasteiger partial charge is 0.321 e. The minimum Gasteiger partial charge on any atom is -0.334 e. The Hall–Kier alpha value is -2.73. The van der Waals surface area contributed by atoms with Crippen molar-refractivity contribution in [2.75, 3.05) is 5.32 Å². The zero-order valence-corrected chi connectivity index (χ0v) is 15.0. The van der Waals surface area contributed by atoms with Gasteiger partial charge in [0.05, 0.1) is 0 Å². The van der Waals surface area contributed by atoms with E-state index in [0.717, 1.165) is 16.1 Å². The van der Waals surface area contributed by atoms with Crippen molar-refractivity contribution >= 4 is 22.5 Å². The molecule has 2 N–H and O–H groups in total. The molecule has 1 heterocycles. The Bertz CT molecular complexity index is 831. The Kier molecular flexibility index (Phi) is 5.09. The number of hydrogen-bond acceptors (Lipinski definition) is 4. The van der Waals surface area contributed by atoms with Crippen LogP contribution in [0.5, 0.6) is 0 Å². The van der Waals surface area contributed by atoms with Crippen LogP contribution >= 0.6 is 11.3 Å². The quantitative estimate of drug-likeness (QED) is 0.724. The summed E-state index contributed by atoms with van der Waals surface area (Å²) < 4.78 is 0. The monoisotopic (exact) mass is 352 g/mol. The number of aromatic nitrogens is 2. The first-order chi connectivity index (χ1) is 12.1. The summed E-state index contributed by atoms with van der Waals surface area (Å²) in [4.78, 5) is 12.0. The molecule has 0 bridgehead atoms. The molecule has 5 nitrogen and oxygen atoms in total. The summed E-state index contributed by atoms with van der Waals surface area (Å²) in [6.45, 7) is 4.66. The van der Waals surface area contributed by atoms with Crippen LogP contribution in [0, 0.1) is 0 Å². The van der Waals surface area contributed by atoms with Gasteiger partial charge in [0.15, 0.2) is 0 Å². The van der Waals surface area contributed by atoms with Gasteiger partial charge in [-0.05, 0) is 25.0 Å². The van der Waals surface area contributed by atoms with Crippen LogP contribution in [0.2, 0.25) is 0 Å². The number of anilines is 1. The van der Waals surface area contributed by atoms with Gasteiger partial charge in [-0.25, -0.2) is 4.79 Å². The Morgan fingerprint density at radius 3 is 2.32 bits per heavy atom. The number of amides is 2. The summed E-state index contributed by atoms with van der Waals surface area (Å²) >= 11 is 1.39. The molecule has 1 aromatic heterocycles. The lowest BCUT2D eigenvalue weighted by Gasteiger charge is -2.21. The molecule has 0 saturated heterocycles. The molecule has 3 rings (SSSR count). The highest BCUT2D eigenvalue weighted by Gasteiger charge is 2.27. The van der Waals surface area contributed by atoms with Gasteiger partial charge in [-0.2, -0.15) is 0 Å². The molecule has 0 fully saturated rings. The summed E-state index contributed by atoms with van der Waals surface area (Å²) in [5, 5.41) is 15.3. The standard InChI is InChI=1S/C19H20N4OS/c1-19(2,15-11-7-4-8-12-15)16-22-23-18(25-16)21-17(24)20-13-14-9-5-3-6-10-14/h3-12H,13H2,1-2H3,(H2,20,21,23,24). The minimum absolute atomic E-state index is 0.265. The molecule has 0 atom stereocenters. The maximum Gasteiger partial charge on any atom is 0.321 e. The van der Waals surface area contributed by atoms with E-state index in [-0.39, 0.29) is 11.4 Å². The third-order valence-corrected chi connectivity index (χ3v) is 5.13. The Labute approximate surface area is 151 Å². The number of carbonyl (C=O) groups is 1. The van der Waals surface area contributed by atoms with E-state index in [2.05, 4.69) is 46.8 Å². The maximum absolute atomic E-state index is 12.0. The zero-order chi connectivity index (χ0) is 17.7. The molecule has 0 saturated carbocycles. The highest BCUT2D eigenvalue weighted by molar-refractivity contribution is 7.15. The lowest BCUT2D eigenvalue weighted by Crippen LogP contribution is -2.28. The fourth-order valence-corrected chi connectivity index (χ4v) is 3.29. The van der Waals surface area contributed by atoms with Gasteiger partial charge in [0, 0.05) is 12.0 Å². The van der Waals surface area contributed by atoms with Gasteiger partial charge in [-0.15, -0.1) is 10.2 Å². The van der Waals surface area contributed by atoms with Crippen LogP contribution < -0.4 is 10.6 Å². The largest absolute Gasteiger partial charge is 0.334 e. The second-order valence-electron chi connectivity index (χ2n) is 6.20. The minimum atomic E-state index is -0.288. The highest BCUT2D eigenvalue weighted by Crippen LogP contribution is 2.34. The van der Waals surface area contributed by atoms with E-state index >= 15 is 0 Å². The third kappa shape index (κ3) is 4.22. The van der Waals surface area contributed by atoms with E-state index < -0.39 is 0 Å². The summed E-state index contributed by atoms with van der Waals surface area (Å²) in [5.41, 5.74) is 1.94. The van der Waals surface area contributed by atoms with E-state index in [1.807, 2.05) is 48.5 Å². The van der Waals surface area contributed by atoms with Crippen molar-refractivity contribution in [1.29, 1.82) is 0 Å². The predicted molar refractivity (Wildman–Crippen MR) is 101 cm³/mol. The van der Waals surface area contributed by atoms with E-state index in [9.17, 15) is 4.79 Å². The molecule has 0 aliphatic rings. The Balaban J connectivity index is 1.62. The fraction of sp³-hybridized carbons (Fsp3) is 0.211. The van der Waals surface area contributed by atoms with Crippen LogP contribution in [0.25, 0.3) is 0 Å². The van der Waals surface area contributed by atoms with Crippen molar-refractivity contribution in [1.82, 2.24) is 15.5 Å². The third-order valence-electron chi connectivity index (χ3n) is 3.97. The van der Waals surface area contributed by atoms with Gasteiger partial charge in [-0.3, -0.25) is 5.32 Å². The molecule has 2 amide bonds. The Morgan fingerprint density at radius 2 is 1.64 bits per heavy atom. The van der Waals surface area contributed by atoms with Crippen molar-refractivity contribution in [2.45, 2.75) is 25.8 Å². The lowest BCUT2D eigenvalue weighted by molar-refractivity contribution is 0.251. The molecule has 0 radical (unpaired) electrons. The average molecular weight is 352 g/mol. The molecule has 0 unspecified atom stereocenters. The first-order valence-corrected chi connectivity index (χ1v) is 8.85. The molecular formula is C19H20N4OS. The fourth-order valence-electron chi connectivity index (χ4n) is 2.42. The summed E-state index contributed by atoms with van der Waals surface area (Å²) in [6.07, 6.45) is 0. The molecule has 6 heteroatoms. The molecule has 0 aliphatic carbocycles. The molecular weight excluding hydrogens is 332 g/mol. The molecule has 3 aromatic rings. The molecule has 2 aromatic carbocycles. The van der Waals surface area contributed by atoms with Gasteiger partial charge in [0.1, 0.15) is 5.01 Å². The summed E-state index contributed by atoms with van der Waals surface area (Å²) in [7, 11) is 0. The van der Waals surface area contributed by atoms with Crippen LogP contribution in [-0.2, 0) is 12.0 Å². The number of hydrogen-bond donors (Lipinski definition) is 2. The normalized spacial score (nSPS) is 11.1. The van der Waals surface area contributed by atoms with E-state index in [4.69, 9.17) is 0 Å². The van der Waals surface area contributed by atoms with Crippen molar-refractivity contribution < 1.29 is 4.79 Å². The molecule has 0 aliphatic heterocycles. The zero-order valence-electron chi connectivity index (χ0n) is 14.2. The first kappa shape index (κ1) is 17.1. The molecule has 0 spiro atoms. The molecule has 25 heavy (non-hydrogen) atoms. The number of urea groups is 1. The van der Waals surface area contributed by atoms with Crippen molar-refractivity contribution in [3.05, 3.63) is 76.8 Å². The highest BCUT2D eigenvalue weighted by atomic mass is 32.1. The molecule has 128 valence electrons. The summed E-state index contributed by atoms with van der Waals surface area (Å²) in [5.74, 6) is 0. The van der Waals surface area contributed by atoms with Crippen molar-refractivity contribution in [2.24, 2.45) is 0 Å². The van der Waals surface area contributed by atoms with Gasteiger partial charge >= 0.3 is 6.03 Å². The lowest BCUT2D eigenvalue weighted by atomic mass is 9.85. The van der Waals surface area contributed by atoms with Crippen LogP contribution in [0.15, 0.2) is 60.7 Å². The van der Waals surface area contributed by atoms with E-state index in [1.54, 1.807) is 0 Å². The number of rotatable bonds is 5. The van der Waals surface area contributed by atoms with E-state index in [0.29, 0.717) is 11.7 Å². The van der Waals surface area contributed by atoms with Crippen LogP contribution in [-0.4, -0.2) is 16.2 Å². The van der Waals surface area contributed by atoms with Gasteiger partial charge in [0.2, 0.25) is 5.13 Å². The number of carbonyl (C=O) groups excluding carboxylic acids is 1. The SMILES string of the molecule is CC(C)(c1ccccc1)c1nnc(NC(=O)NCc2ccccc2)s1. The second kappa shape index (κ2) is 7.44. The maximum atomic E-state index is 12.0. The topological polar surface area (TPSA) is 66.9 Å². The van der Waals surface area contributed by atoms with Crippen LogP contribution in [0.4, 0.5) is 9.93 Å². The van der Waals surface area contributed by atoms with Crippen molar-refractivity contribution in [3.63, 3.8) is 0 Å². The van der Waals surface area contributed by atoms with Gasteiger partial charge in [0.25, 0.3) is 0 Å². The van der Waals surface area contributed by atoms with E-state index in [1.165, 1.54) is 11.3 Å². The number of benzene rings is 2. The predicted octanol–water partition coefficient (Wildman–Crippen LogP) is 4.19. The average Bonchev–Trinajstić information content (AvgIpc) is 3.11. The summed E-state index contributed by atoms with van der Waals surface area (Å²) in [6, 6.07) is 19.6. The number of nitrogens with one attached hydrogen (secondary N) is 2. The second-order valence-corrected chi connectivity index (χ2v) is 7.17. The first-order valence-electron chi connectivity index (χ1n) is 8.04. The Morgan fingerprint density at radius 1 is 1.00 bits per heavy atom. The number of nitrogens with zero attached hydrogens (tertiary/aromatic N) is 2. The van der Waals surface area contributed by atoms with Gasteiger partial charge < -0.3 is 5.32 Å². The van der Waals surface area contributed by atoms with Crippen molar-refractivity contribution in [3.8, 4) is 0 Å².